The van der Waals surface area contributed by atoms with Crippen molar-refractivity contribution in [2.75, 3.05) is 11.9 Å². The largest absolute Gasteiger partial charge is 0.573 e. The molecule has 0 aliphatic heterocycles. The molecule has 26 heavy (non-hydrogen) atoms. The van der Waals surface area contributed by atoms with Gasteiger partial charge in [0.15, 0.2) is 5.82 Å². The van der Waals surface area contributed by atoms with Crippen molar-refractivity contribution >= 4 is 11.5 Å². The average Bonchev–Trinajstić information content (AvgIpc) is 3.01. The maximum Gasteiger partial charge on any atom is 0.573 e. The highest BCUT2D eigenvalue weighted by Gasteiger charge is 2.31. The molecule has 1 aromatic carbocycles. The van der Waals surface area contributed by atoms with E-state index < -0.39 is 6.36 Å². The molecule has 0 bridgehead atoms. The van der Waals surface area contributed by atoms with Crippen molar-refractivity contribution in [2.24, 2.45) is 0 Å². The minimum absolute atomic E-state index is 0.0301. The highest BCUT2D eigenvalue weighted by molar-refractivity contribution is 5.63. The molecule has 0 radical (unpaired) electrons. The molecule has 3 N–H and O–H groups in total. The van der Waals surface area contributed by atoms with Crippen molar-refractivity contribution in [3.63, 3.8) is 0 Å². The zero-order valence-corrected chi connectivity index (χ0v) is 13.9. The summed E-state index contributed by atoms with van der Waals surface area (Å²) in [4.78, 5) is 3.02. The molecular formula is C17H18F3N4O2+. The number of halogens is 3. The molecular weight excluding hydrogens is 349 g/mol. The Morgan fingerprint density at radius 3 is 2.81 bits per heavy atom. The van der Waals surface area contributed by atoms with Crippen molar-refractivity contribution in [3.8, 4) is 17.0 Å². The smallest absolute Gasteiger partial charge is 0.406 e. The molecule has 3 aromatic rings. The summed E-state index contributed by atoms with van der Waals surface area (Å²) in [5, 5.41) is 16.9. The molecule has 0 saturated carbocycles. The molecule has 0 spiro atoms. The van der Waals surface area contributed by atoms with E-state index in [4.69, 9.17) is 0 Å². The van der Waals surface area contributed by atoms with E-state index >= 15 is 0 Å². The van der Waals surface area contributed by atoms with Crippen molar-refractivity contribution in [3.05, 3.63) is 42.6 Å². The van der Waals surface area contributed by atoms with Crippen molar-refractivity contribution < 1.29 is 28.0 Å². The summed E-state index contributed by atoms with van der Waals surface area (Å²) in [7, 11) is 0. The second-order valence-electron chi connectivity index (χ2n) is 5.70. The summed E-state index contributed by atoms with van der Waals surface area (Å²) in [6.07, 6.45) is -2.37. The van der Waals surface area contributed by atoms with Gasteiger partial charge in [0.1, 0.15) is 11.9 Å². The van der Waals surface area contributed by atoms with E-state index in [9.17, 15) is 18.3 Å². The van der Waals surface area contributed by atoms with Crippen LogP contribution in [0.4, 0.5) is 19.0 Å². The molecule has 138 valence electrons. The number of aromatic amines is 1. The molecule has 0 amide bonds. The van der Waals surface area contributed by atoms with E-state index in [-0.39, 0.29) is 18.4 Å². The van der Waals surface area contributed by atoms with Crippen LogP contribution in [-0.2, 0) is 0 Å². The van der Waals surface area contributed by atoms with E-state index in [1.807, 2.05) is 6.92 Å². The molecule has 6 nitrogen and oxygen atoms in total. The van der Waals surface area contributed by atoms with Crippen molar-refractivity contribution in [1.82, 2.24) is 9.61 Å². The molecule has 0 fully saturated rings. The van der Waals surface area contributed by atoms with Crippen LogP contribution < -0.4 is 15.0 Å². The lowest BCUT2D eigenvalue weighted by atomic mass is 10.1. The Labute approximate surface area is 147 Å². The number of anilines is 1. The van der Waals surface area contributed by atoms with Crippen LogP contribution in [-0.4, -0.2) is 33.7 Å². The SMILES string of the molecule is CCC(CO)Nc1ccc2[nH+]cc(-c3cccc(OC(F)(F)F)c3)n2n1. The zero-order chi connectivity index (χ0) is 18.7. The maximum atomic E-state index is 12.4. The van der Waals surface area contributed by atoms with Gasteiger partial charge in [-0.2, -0.15) is 0 Å². The fraction of sp³-hybridized carbons (Fsp3) is 0.294. The van der Waals surface area contributed by atoms with Crippen LogP contribution >= 0.6 is 0 Å². The summed E-state index contributed by atoms with van der Waals surface area (Å²) in [6, 6.07) is 9.11. The Morgan fingerprint density at radius 2 is 2.12 bits per heavy atom. The van der Waals surface area contributed by atoms with Crippen LogP contribution in [0, 0.1) is 0 Å². The first-order valence-electron chi connectivity index (χ1n) is 8.03. The third-order valence-corrected chi connectivity index (χ3v) is 3.85. The summed E-state index contributed by atoms with van der Waals surface area (Å²) in [5.74, 6) is 0.248. The fourth-order valence-corrected chi connectivity index (χ4v) is 2.54. The third kappa shape index (κ3) is 4.05. The number of rotatable bonds is 6. The highest BCUT2D eigenvalue weighted by atomic mass is 19.4. The van der Waals surface area contributed by atoms with Gasteiger partial charge in [0, 0.05) is 11.6 Å². The maximum absolute atomic E-state index is 12.4. The lowest BCUT2D eigenvalue weighted by Gasteiger charge is -2.13. The van der Waals surface area contributed by atoms with Gasteiger partial charge in [-0.3, -0.25) is 0 Å². The number of aliphatic hydroxyl groups is 1. The second kappa shape index (κ2) is 7.20. The zero-order valence-electron chi connectivity index (χ0n) is 13.9. The Kier molecular flexibility index (Phi) is 4.99. The van der Waals surface area contributed by atoms with E-state index in [0.717, 1.165) is 6.42 Å². The molecule has 1 atom stereocenters. The molecule has 2 heterocycles. The number of ether oxygens (including phenoxy) is 1. The minimum Gasteiger partial charge on any atom is -0.406 e. The lowest BCUT2D eigenvalue weighted by Crippen LogP contribution is -2.23. The predicted octanol–water partition coefficient (Wildman–Crippen LogP) is 2.90. The standard InChI is InChI=1S/C17H17F3N4O2/c1-2-12(10-25)22-15-6-7-16-21-9-14(24(16)23-15)11-4-3-5-13(8-11)26-17(18,19)20/h3-9,12,25H,2,10H2,1H3,(H,22,23)/p+1. The van der Waals surface area contributed by atoms with Crippen LogP contribution in [0.5, 0.6) is 5.75 Å². The van der Waals surface area contributed by atoms with E-state index in [0.29, 0.717) is 22.7 Å². The van der Waals surface area contributed by atoms with Crippen LogP contribution in [0.3, 0.4) is 0 Å². The first-order valence-corrected chi connectivity index (χ1v) is 8.03. The Bertz CT molecular complexity index is 891. The van der Waals surface area contributed by atoms with Gasteiger partial charge >= 0.3 is 12.0 Å². The average molecular weight is 367 g/mol. The highest BCUT2D eigenvalue weighted by Crippen LogP contribution is 2.27. The fourth-order valence-electron chi connectivity index (χ4n) is 2.54. The number of H-pyrrole nitrogens is 1. The van der Waals surface area contributed by atoms with Crippen LogP contribution in [0.2, 0.25) is 0 Å². The first-order chi connectivity index (χ1) is 12.4. The van der Waals surface area contributed by atoms with Crippen molar-refractivity contribution in [2.45, 2.75) is 25.7 Å². The van der Waals surface area contributed by atoms with Crippen LogP contribution in [0.25, 0.3) is 16.9 Å². The molecule has 0 aliphatic carbocycles. The number of imidazole rings is 1. The van der Waals surface area contributed by atoms with Gasteiger partial charge in [0.2, 0.25) is 5.69 Å². The predicted molar refractivity (Wildman–Crippen MR) is 88.7 cm³/mol. The van der Waals surface area contributed by atoms with Crippen molar-refractivity contribution in [1.29, 1.82) is 0 Å². The van der Waals surface area contributed by atoms with Gasteiger partial charge in [-0.05, 0) is 24.6 Å². The summed E-state index contributed by atoms with van der Waals surface area (Å²) in [6.45, 7) is 1.91. The topological polar surface area (TPSA) is 72.9 Å². The number of aliphatic hydroxyl groups excluding tert-OH is 1. The Balaban J connectivity index is 1.96. The molecule has 0 aliphatic rings. The summed E-state index contributed by atoms with van der Waals surface area (Å²) >= 11 is 0. The van der Waals surface area contributed by atoms with Gasteiger partial charge in [0.05, 0.1) is 12.6 Å². The van der Waals surface area contributed by atoms with Crippen LogP contribution in [0.15, 0.2) is 42.6 Å². The van der Waals surface area contributed by atoms with Crippen LogP contribution in [0.1, 0.15) is 13.3 Å². The van der Waals surface area contributed by atoms with Gasteiger partial charge in [0.25, 0.3) is 0 Å². The number of nitrogens with zero attached hydrogens (tertiary/aromatic N) is 2. The number of benzene rings is 1. The molecule has 1 unspecified atom stereocenters. The molecule has 9 heteroatoms. The van der Waals surface area contributed by atoms with Gasteiger partial charge in [-0.1, -0.05) is 28.7 Å². The van der Waals surface area contributed by atoms with E-state index in [1.165, 1.54) is 18.2 Å². The van der Waals surface area contributed by atoms with Gasteiger partial charge in [-0.25, -0.2) is 4.98 Å². The molecule has 3 rings (SSSR count). The number of aromatic nitrogens is 3. The number of hydrogen-bond donors (Lipinski definition) is 2. The number of hydrogen-bond acceptors (Lipinski definition) is 4. The van der Waals surface area contributed by atoms with Gasteiger partial charge < -0.3 is 15.2 Å². The number of alkyl halides is 3. The number of fused-ring (bicyclic) bond motifs is 1. The normalized spacial score (nSPS) is 13.0. The Hall–Kier alpha value is -2.81. The monoisotopic (exact) mass is 367 g/mol. The molecule has 2 aromatic heterocycles. The van der Waals surface area contributed by atoms with E-state index in [1.54, 1.807) is 28.9 Å². The summed E-state index contributed by atoms with van der Waals surface area (Å²) in [5.41, 5.74) is 1.76. The number of nitrogens with one attached hydrogen (secondary N) is 2. The second-order valence-corrected chi connectivity index (χ2v) is 5.70. The summed E-state index contributed by atoms with van der Waals surface area (Å²) < 4.78 is 42.9. The Morgan fingerprint density at radius 1 is 1.31 bits per heavy atom. The minimum atomic E-state index is -4.75. The quantitative estimate of drug-likeness (QED) is 0.703. The molecule has 0 saturated heterocycles. The lowest BCUT2D eigenvalue weighted by molar-refractivity contribution is -0.343. The van der Waals surface area contributed by atoms with E-state index in [2.05, 4.69) is 20.1 Å². The third-order valence-electron chi connectivity index (χ3n) is 3.85. The first kappa shape index (κ1) is 18.0. The van der Waals surface area contributed by atoms with Gasteiger partial charge in [-0.15, -0.1) is 13.2 Å².